The number of aryl methyl sites for hydroxylation is 1. The van der Waals surface area contributed by atoms with E-state index in [0.29, 0.717) is 38.0 Å². The van der Waals surface area contributed by atoms with E-state index in [0.717, 1.165) is 44.2 Å². The number of nitrogens with zero attached hydrogens (tertiary/aromatic N) is 2. The summed E-state index contributed by atoms with van der Waals surface area (Å²) < 4.78 is 13.4. The summed E-state index contributed by atoms with van der Waals surface area (Å²) in [5.41, 5.74) is 5.35. The summed E-state index contributed by atoms with van der Waals surface area (Å²) in [5.74, 6) is -0.571. The molecule has 2 amide bonds. The molecule has 2 aromatic carbocycles. The van der Waals surface area contributed by atoms with Crippen LogP contribution in [0.5, 0.6) is 0 Å². The van der Waals surface area contributed by atoms with E-state index in [4.69, 9.17) is 4.98 Å². The highest BCUT2D eigenvalue weighted by Crippen LogP contribution is 2.33. The van der Waals surface area contributed by atoms with Crippen LogP contribution in [-0.4, -0.2) is 47.9 Å². The summed E-state index contributed by atoms with van der Waals surface area (Å²) in [4.78, 5) is 31.9. The van der Waals surface area contributed by atoms with Crippen LogP contribution in [0.3, 0.4) is 0 Å². The van der Waals surface area contributed by atoms with E-state index in [9.17, 15) is 14.0 Å². The van der Waals surface area contributed by atoms with Crippen molar-refractivity contribution in [2.45, 2.75) is 57.8 Å². The Hall–Kier alpha value is -3.48. The second-order valence-corrected chi connectivity index (χ2v) is 10.5. The summed E-state index contributed by atoms with van der Waals surface area (Å²) in [6.45, 7) is 2.63. The van der Waals surface area contributed by atoms with Crippen LogP contribution in [-0.2, 0) is 17.6 Å². The monoisotopic (exact) mass is 516 g/mol. The Morgan fingerprint density at radius 1 is 0.947 bits per heavy atom. The van der Waals surface area contributed by atoms with Gasteiger partial charge >= 0.3 is 0 Å². The minimum absolute atomic E-state index is 0.0700. The first-order chi connectivity index (χ1) is 18.6. The van der Waals surface area contributed by atoms with Gasteiger partial charge in [-0.2, -0.15) is 0 Å². The van der Waals surface area contributed by atoms with Crippen molar-refractivity contribution in [1.82, 2.24) is 15.2 Å². The predicted molar refractivity (Wildman–Crippen MR) is 149 cm³/mol. The van der Waals surface area contributed by atoms with Gasteiger partial charge in [0.1, 0.15) is 5.82 Å². The van der Waals surface area contributed by atoms with Crippen LogP contribution in [0.25, 0.3) is 10.9 Å². The van der Waals surface area contributed by atoms with Gasteiger partial charge in [0.15, 0.2) is 0 Å². The average Bonchev–Trinajstić information content (AvgIpc) is 2.95. The normalized spacial score (nSPS) is 15.8. The molecule has 1 saturated heterocycles. The SMILES string of the molecule is O=C(NCCCCCNc1c2c(nc3ccccc13)CCCC2)C1CCN(C(=O)c2cccc(F)c2)CC1. The van der Waals surface area contributed by atoms with Gasteiger partial charge in [-0.1, -0.05) is 24.3 Å². The molecule has 0 atom stereocenters. The predicted octanol–water partition coefficient (Wildman–Crippen LogP) is 5.50. The standard InChI is InChI=1S/C31H37FN4O2/c32-24-10-8-9-23(21-24)31(38)36-19-15-22(16-20-36)30(37)34-18-7-1-6-17-33-29-25-11-2-4-13-27(25)35-28-14-5-3-12-26(28)29/h2,4,8-11,13,21-22H,1,3,5-7,12,14-20H2,(H,33,35)(H,34,37). The topological polar surface area (TPSA) is 74.3 Å². The van der Waals surface area contributed by atoms with E-state index in [-0.39, 0.29) is 17.7 Å². The Bertz CT molecular complexity index is 1290. The minimum atomic E-state index is -0.411. The number of rotatable bonds is 9. The zero-order chi connectivity index (χ0) is 26.3. The Balaban J connectivity index is 1.01. The number of hydrogen-bond donors (Lipinski definition) is 2. The molecule has 2 N–H and O–H groups in total. The van der Waals surface area contributed by atoms with Crippen molar-refractivity contribution in [1.29, 1.82) is 0 Å². The molecule has 0 bridgehead atoms. The lowest BCUT2D eigenvalue weighted by molar-refractivity contribution is -0.126. The Morgan fingerprint density at radius 3 is 2.58 bits per heavy atom. The largest absolute Gasteiger partial charge is 0.384 e. The average molecular weight is 517 g/mol. The van der Waals surface area contributed by atoms with Crippen molar-refractivity contribution in [3.8, 4) is 0 Å². The molecule has 0 spiro atoms. The van der Waals surface area contributed by atoms with Crippen LogP contribution >= 0.6 is 0 Å². The molecular weight excluding hydrogens is 479 g/mol. The quantitative estimate of drug-likeness (QED) is 0.368. The van der Waals surface area contributed by atoms with E-state index >= 15 is 0 Å². The molecule has 6 nitrogen and oxygen atoms in total. The third kappa shape index (κ3) is 6.14. The van der Waals surface area contributed by atoms with Gasteiger partial charge in [-0.25, -0.2) is 4.39 Å². The van der Waals surface area contributed by atoms with Crippen molar-refractivity contribution in [2.75, 3.05) is 31.5 Å². The molecule has 7 heteroatoms. The highest BCUT2D eigenvalue weighted by Gasteiger charge is 2.27. The first-order valence-corrected chi connectivity index (χ1v) is 14.1. The smallest absolute Gasteiger partial charge is 0.253 e. The number of likely N-dealkylation sites (tertiary alicyclic amines) is 1. The fraction of sp³-hybridized carbons (Fsp3) is 0.452. The molecule has 0 unspecified atom stereocenters. The molecule has 1 aliphatic heterocycles. The van der Waals surface area contributed by atoms with E-state index in [1.165, 1.54) is 47.3 Å². The maximum absolute atomic E-state index is 13.4. The highest BCUT2D eigenvalue weighted by molar-refractivity contribution is 5.94. The van der Waals surface area contributed by atoms with Gasteiger partial charge in [0.25, 0.3) is 5.91 Å². The van der Waals surface area contributed by atoms with E-state index in [1.807, 2.05) is 0 Å². The summed E-state index contributed by atoms with van der Waals surface area (Å²) in [6, 6.07) is 14.2. The lowest BCUT2D eigenvalue weighted by atomic mass is 9.92. The van der Waals surface area contributed by atoms with Gasteiger partial charge in [-0.15, -0.1) is 0 Å². The molecule has 0 radical (unpaired) electrons. The zero-order valence-electron chi connectivity index (χ0n) is 22.0. The molecule has 2 aliphatic rings. The van der Waals surface area contributed by atoms with E-state index in [2.05, 4.69) is 34.9 Å². The molecular formula is C31H37FN4O2. The van der Waals surface area contributed by atoms with Gasteiger partial charge < -0.3 is 15.5 Å². The molecule has 1 fully saturated rings. The first kappa shape index (κ1) is 26.1. The molecule has 3 aromatic rings. The lowest BCUT2D eigenvalue weighted by Gasteiger charge is -2.31. The summed E-state index contributed by atoms with van der Waals surface area (Å²) in [7, 11) is 0. The molecule has 5 rings (SSSR count). The number of hydrogen-bond acceptors (Lipinski definition) is 4. The first-order valence-electron chi connectivity index (χ1n) is 14.1. The molecule has 38 heavy (non-hydrogen) atoms. The van der Waals surface area contributed by atoms with Crippen molar-refractivity contribution in [2.24, 2.45) is 5.92 Å². The van der Waals surface area contributed by atoms with E-state index in [1.54, 1.807) is 17.0 Å². The van der Waals surface area contributed by atoms with Crippen molar-refractivity contribution >= 4 is 28.4 Å². The van der Waals surface area contributed by atoms with Crippen LogP contribution in [0.15, 0.2) is 48.5 Å². The zero-order valence-corrected chi connectivity index (χ0v) is 22.0. The maximum atomic E-state index is 13.4. The van der Waals surface area contributed by atoms with Crippen molar-refractivity contribution < 1.29 is 14.0 Å². The number of carbonyl (C=O) groups is 2. The minimum Gasteiger partial charge on any atom is -0.384 e. The number of nitrogens with one attached hydrogen (secondary N) is 2. The third-order valence-corrected chi connectivity index (χ3v) is 7.85. The number of anilines is 1. The number of halogens is 1. The third-order valence-electron chi connectivity index (χ3n) is 7.85. The van der Waals surface area contributed by atoms with Crippen LogP contribution in [0, 0.1) is 11.7 Å². The van der Waals surface area contributed by atoms with Gasteiger partial charge in [0.2, 0.25) is 5.91 Å². The van der Waals surface area contributed by atoms with Crippen LogP contribution in [0.1, 0.15) is 66.6 Å². The van der Waals surface area contributed by atoms with Gasteiger partial charge in [-0.05, 0) is 87.6 Å². The molecule has 0 saturated carbocycles. The van der Waals surface area contributed by atoms with Crippen LogP contribution < -0.4 is 10.6 Å². The van der Waals surface area contributed by atoms with Gasteiger partial charge in [-0.3, -0.25) is 14.6 Å². The number of aromatic nitrogens is 1. The van der Waals surface area contributed by atoms with Crippen molar-refractivity contribution in [3.63, 3.8) is 0 Å². The number of benzene rings is 2. The summed E-state index contributed by atoms with van der Waals surface area (Å²) in [6.07, 6.45) is 8.91. The second-order valence-electron chi connectivity index (χ2n) is 10.5. The Morgan fingerprint density at radius 2 is 1.74 bits per heavy atom. The molecule has 1 aliphatic carbocycles. The van der Waals surface area contributed by atoms with Crippen molar-refractivity contribution in [3.05, 3.63) is 71.2 Å². The van der Waals surface area contributed by atoms with Gasteiger partial charge in [0, 0.05) is 54.4 Å². The van der Waals surface area contributed by atoms with E-state index < -0.39 is 5.82 Å². The van der Waals surface area contributed by atoms with Crippen LogP contribution in [0.4, 0.5) is 10.1 Å². The number of piperidine rings is 1. The fourth-order valence-electron chi connectivity index (χ4n) is 5.72. The summed E-state index contributed by atoms with van der Waals surface area (Å²) in [5, 5.41) is 8.02. The number of carbonyl (C=O) groups excluding carboxylic acids is 2. The number of pyridine rings is 1. The Labute approximate surface area is 224 Å². The molecule has 1 aromatic heterocycles. The van der Waals surface area contributed by atoms with Crippen LogP contribution in [0.2, 0.25) is 0 Å². The maximum Gasteiger partial charge on any atom is 0.253 e. The molecule has 200 valence electrons. The lowest BCUT2D eigenvalue weighted by Crippen LogP contribution is -2.43. The Kier molecular flexibility index (Phi) is 8.51. The number of para-hydroxylation sites is 1. The fourth-order valence-corrected chi connectivity index (χ4v) is 5.72. The van der Waals surface area contributed by atoms with Gasteiger partial charge in [0.05, 0.1) is 5.52 Å². The summed E-state index contributed by atoms with van der Waals surface area (Å²) >= 11 is 0. The number of amides is 2. The number of fused-ring (bicyclic) bond motifs is 2. The second kappa shape index (κ2) is 12.4. The highest BCUT2D eigenvalue weighted by atomic mass is 19.1. The molecule has 2 heterocycles. The number of unbranched alkanes of at least 4 members (excludes halogenated alkanes) is 2.